The number of carbonyl (C=O) groups is 1. The van der Waals surface area contributed by atoms with Crippen LogP contribution in [0, 0.1) is 0 Å². The van der Waals surface area contributed by atoms with Gasteiger partial charge in [0.2, 0.25) is 5.78 Å². The number of aromatic amines is 2. The third-order valence-corrected chi connectivity index (χ3v) is 4.78. The number of hydrogen-bond acceptors (Lipinski definition) is 1. The van der Waals surface area contributed by atoms with E-state index in [1.165, 1.54) is 5.39 Å². The minimum absolute atomic E-state index is 0.0681. The highest BCUT2D eigenvalue weighted by Gasteiger charge is 2.19. The second-order valence-electron chi connectivity index (χ2n) is 6.40. The number of Topliss-reactive ketones (excluding diaryl/α,β-unsaturated/α-hetero) is 1. The standard InChI is InChI=1S/C22H16N2O/c25-22(21-13-15-6-2-4-8-19(15)24-21)17-10-9-16(11-17)20-12-14-5-1-3-7-18(14)23-20/h1-9,11-13,23-24H,10H2. The molecule has 0 atom stereocenters. The lowest BCUT2D eigenvalue weighted by atomic mass is 10.1. The maximum atomic E-state index is 12.8. The fourth-order valence-electron chi connectivity index (χ4n) is 3.47. The summed E-state index contributed by atoms with van der Waals surface area (Å²) in [6.45, 7) is 0. The number of aromatic nitrogens is 2. The Morgan fingerprint density at radius 2 is 1.52 bits per heavy atom. The summed E-state index contributed by atoms with van der Waals surface area (Å²) in [5.41, 5.74) is 5.71. The Morgan fingerprint density at radius 1 is 0.840 bits per heavy atom. The van der Waals surface area contributed by atoms with Crippen LogP contribution in [0.5, 0.6) is 0 Å². The maximum Gasteiger partial charge on any atom is 0.205 e. The third-order valence-electron chi connectivity index (χ3n) is 4.78. The Balaban J connectivity index is 1.47. The minimum atomic E-state index is 0.0681. The van der Waals surface area contributed by atoms with Crippen LogP contribution in [0.1, 0.15) is 22.6 Å². The van der Waals surface area contributed by atoms with E-state index in [9.17, 15) is 4.79 Å². The molecule has 1 aliphatic rings. The number of nitrogens with one attached hydrogen (secondary N) is 2. The van der Waals surface area contributed by atoms with Crippen molar-refractivity contribution in [3.63, 3.8) is 0 Å². The van der Waals surface area contributed by atoms with Crippen LogP contribution in [0.3, 0.4) is 0 Å². The quantitative estimate of drug-likeness (QED) is 0.497. The molecule has 3 heteroatoms. The molecule has 25 heavy (non-hydrogen) atoms. The van der Waals surface area contributed by atoms with Crippen molar-refractivity contribution in [3.8, 4) is 0 Å². The molecule has 0 fully saturated rings. The number of hydrogen-bond donors (Lipinski definition) is 2. The van der Waals surface area contributed by atoms with Gasteiger partial charge in [-0.2, -0.15) is 0 Å². The van der Waals surface area contributed by atoms with E-state index in [1.54, 1.807) is 0 Å². The molecule has 0 aliphatic heterocycles. The molecule has 0 bridgehead atoms. The number of rotatable bonds is 3. The van der Waals surface area contributed by atoms with Gasteiger partial charge in [0.05, 0.1) is 5.69 Å². The van der Waals surface area contributed by atoms with Crippen LogP contribution in [0.4, 0.5) is 0 Å². The molecule has 4 aromatic rings. The van der Waals surface area contributed by atoms with Crippen LogP contribution in [0.2, 0.25) is 0 Å². The summed E-state index contributed by atoms with van der Waals surface area (Å²) in [5.74, 6) is 0.0681. The average molecular weight is 324 g/mol. The highest BCUT2D eigenvalue weighted by molar-refractivity contribution is 6.12. The van der Waals surface area contributed by atoms with Crippen LogP contribution in [-0.2, 0) is 0 Å². The monoisotopic (exact) mass is 324 g/mol. The van der Waals surface area contributed by atoms with Crippen molar-refractivity contribution in [3.05, 3.63) is 89.8 Å². The van der Waals surface area contributed by atoms with Crippen LogP contribution < -0.4 is 0 Å². The van der Waals surface area contributed by atoms with E-state index >= 15 is 0 Å². The molecule has 2 aromatic carbocycles. The molecule has 2 N–H and O–H groups in total. The van der Waals surface area contributed by atoms with Crippen LogP contribution in [-0.4, -0.2) is 15.8 Å². The van der Waals surface area contributed by atoms with Crippen LogP contribution in [0.15, 0.2) is 78.4 Å². The molecular weight excluding hydrogens is 308 g/mol. The molecule has 2 heterocycles. The largest absolute Gasteiger partial charge is 0.355 e. The number of benzene rings is 2. The van der Waals surface area contributed by atoms with Gasteiger partial charge >= 0.3 is 0 Å². The van der Waals surface area contributed by atoms with E-state index in [2.05, 4.69) is 34.2 Å². The lowest BCUT2D eigenvalue weighted by molar-refractivity contribution is 0.102. The van der Waals surface area contributed by atoms with E-state index in [4.69, 9.17) is 0 Å². The third kappa shape index (κ3) is 2.32. The van der Waals surface area contributed by atoms with Gasteiger partial charge in [-0.15, -0.1) is 0 Å². The maximum absolute atomic E-state index is 12.8. The van der Waals surface area contributed by atoms with E-state index in [0.717, 1.165) is 33.3 Å². The normalized spacial score (nSPS) is 14.1. The van der Waals surface area contributed by atoms with Crippen molar-refractivity contribution in [2.24, 2.45) is 0 Å². The van der Waals surface area contributed by atoms with Gasteiger partial charge in [0.1, 0.15) is 0 Å². The van der Waals surface area contributed by atoms with Crippen LogP contribution in [0.25, 0.3) is 27.4 Å². The van der Waals surface area contributed by atoms with Crippen molar-refractivity contribution in [1.82, 2.24) is 9.97 Å². The second kappa shape index (κ2) is 5.35. The highest BCUT2D eigenvalue weighted by Crippen LogP contribution is 2.30. The summed E-state index contributed by atoms with van der Waals surface area (Å²) in [5, 5.41) is 2.25. The van der Waals surface area contributed by atoms with Gasteiger partial charge in [-0.3, -0.25) is 4.79 Å². The van der Waals surface area contributed by atoms with Crippen molar-refractivity contribution >= 4 is 33.2 Å². The Bertz CT molecular complexity index is 1120. The molecule has 0 amide bonds. The van der Waals surface area contributed by atoms with Gasteiger partial charge in [0.15, 0.2) is 0 Å². The first kappa shape index (κ1) is 14.1. The van der Waals surface area contributed by atoms with Gasteiger partial charge < -0.3 is 9.97 Å². The second-order valence-corrected chi connectivity index (χ2v) is 6.40. The average Bonchev–Trinajstić information content (AvgIpc) is 3.36. The van der Waals surface area contributed by atoms with E-state index in [0.29, 0.717) is 12.1 Å². The van der Waals surface area contributed by atoms with Gasteiger partial charge in [-0.25, -0.2) is 0 Å². The summed E-state index contributed by atoms with van der Waals surface area (Å²) >= 11 is 0. The van der Waals surface area contributed by atoms with Crippen molar-refractivity contribution < 1.29 is 4.79 Å². The smallest absolute Gasteiger partial charge is 0.205 e. The van der Waals surface area contributed by atoms with Gasteiger partial charge in [-0.05, 0) is 42.3 Å². The molecule has 0 unspecified atom stereocenters. The Morgan fingerprint density at radius 3 is 2.24 bits per heavy atom. The van der Waals surface area contributed by atoms with Crippen LogP contribution >= 0.6 is 0 Å². The van der Waals surface area contributed by atoms with Gasteiger partial charge in [0.25, 0.3) is 0 Å². The number of H-pyrrole nitrogens is 2. The van der Waals surface area contributed by atoms with Crippen molar-refractivity contribution in [2.45, 2.75) is 6.42 Å². The molecule has 120 valence electrons. The molecule has 0 saturated carbocycles. The highest BCUT2D eigenvalue weighted by atomic mass is 16.1. The zero-order chi connectivity index (χ0) is 16.8. The zero-order valence-corrected chi connectivity index (χ0v) is 13.5. The summed E-state index contributed by atoms with van der Waals surface area (Å²) in [6, 6.07) is 20.2. The number of para-hydroxylation sites is 2. The summed E-state index contributed by atoms with van der Waals surface area (Å²) in [7, 11) is 0. The number of fused-ring (bicyclic) bond motifs is 2. The molecule has 0 radical (unpaired) electrons. The lowest BCUT2D eigenvalue weighted by Gasteiger charge is -1.98. The topological polar surface area (TPSA) is 48.6 Å². The number of carbonyl (C=O) groups excluding carboxylic acids is 1. The first-order valence-electron chi connectivity index (χ1n) is 8.39. The number of ketones is 1. The van der Waals surface area contributed by atoms with E-state index < -0.39 is 0 Å². The molecule has 3 nitrogen and oxygen atoms in total. The molecule has 0 saturated heterocycles. The van der Waals surface area contributed by atoms with Crippen molar-refractivity contribution in [2.75, 3.05) is 0 Å². The Labute approximate surface area is 144 Å². The first-order chi connectivity index (χ1) is 12.3. The summed E-state index contributed by atoms with van der Waals surface area (Å²) in [6.07, 6.45) is 4.78. The van der Waals surface area contributed by atoms with Crippen molar-refractivity contribution in [1.29, 1.82) is 0 Å². The summed E-state index contributed by atoms with van der Waals surface area (Å²) in [4.78, 5) is 19.5. The SMILES string of the molecule is O=C(C1=CC(c2cc3ccccc3[nH]2)=CC1)c1cc2ccccc2[nH]1. The Hall–Kier alpha value is -3.33. The lowest BCUT2D eigenvalue weighted by Crippen LogP contribution is -2.01. The Kier molecular flexibility index (Phi) is 3.01. The molecular formula is C22H16N2O. The molecule has 0 spiro atoms. The zero-order valence-electron chi connectivity index (χ0n) is 13.5. The molecule has 2 aromatic heterocycles. The fourth-order valence-corrected chi connectivity index (χ4v) is 3.47. The van der Waals surface area contributed by atoms with E-state index in [1.807, 2.05) is 48.5 Å². The minimum Gasteiger partial charge on any atom is -0.355 e. The molecule has 5 rings (SSSR count). The summed E-state index contributed by atoms with van der Waals surface area (Å²) < 4.78 is 0. The molecule has 1 aliphatic carbocycles. The predicted octanol–water partition coefficient (Wildman–Crippen LogP) is 5.25. The fraction of sp³-hybridized carbons (Fsp3) is 0.0455. The van der Waals surface area contributed by atoms with Gasteiger partial charge in [-0.1, -0.05) is 42.5 Å². The van der Waals surface area contributed by atoms with Gasteiger partial charge in [0, 0.05) is 33.1 Å². The van der Waals surface area contributed by atoms with E-state index in [-0.39, 0.29) is 5.78 Å². The first-order valence-corrected chi connectivity index (χ1v) is 8.39. The predicted molar refractivity (Wildman–Crippen MR) is 102 cm³/mol. The number of allylic oxidation sites excluding steroid dienone is 4.